The molecule has 1 aromatic carbocycles. The van der Waals surface area contributed by atoms with Crippen LogP contribution in [0.1, 0.15) is 13.3 Å². The Hall–Kier alpha value is -1.30. The first kappa shape index (κ1) is 17.8. The maximum atomic E-state index is 12.0. The van der Waals surface area contributed by atoms with E-state index in [2.05, 4.69) is 17.1 Å². The zero-order chi connectivity index (χ0) is 14.5. The quantitative estimate of drug-likeness (QED) is 0.868. The molecule has 2 unspecified atom stereocenters. The largest absolute Gasteiger partial charge is 0.497 e. The van der Waals surface area contributed by atoms with E-state index in [0.717, 1.165) is 24.4 Å². The summed E-state index contributed by atoms with van der Waals surface area (Å²) < 4.78 is 5.09. The lowest BCUT2D eigenvalue weighted by atomic mass is 10.1. The minimum absolute atomic E-state index is 0. The maximum Gasteiger partial charge on any atom is 0.238 e. The van der Waals surface area contributed by atoms with Crippen molar-refractivity contribution in [1.29, 1.82) is 0 Å². The number of nitrogens with one attached hydrogen (secondary N) is 1. The number of hydrogen-bond acceptors (Lipinski definition) is 4. The Morgan fingerprint density at radius 2 is 2.10 bits per heavy atom. The van der Waals surface area contributed by atoms with Crippen LogP contribution >= 0.6 is 12.4 Å². The predicted molar refractivity (Wildman–Crippen MR) is 87.1 cm³/mol. The number of methoxy groups -OCH3 is 1. The lowest BCUT2D eigenvalue weighted by molar-refractivity contribution is -0.117. The lowest BCUT2D eigenvalue weighted by Gasteiger charge is -2.20. The molecule has 1 saturated heterocycles. The number of nitrogens with zero attached hydrogens (tertiary/aromatic N) is 1. The first-order valence-corrected chi connectivity index (χ1v) is 7.00. The number of amides is 1. The van der Waals surface area contributed by atoms with Crippen LogP contribution in [0.5, 0.6) is 5.75 Å². The van der Waals surface area contributed by atoms with E-state index in [9.17, 15) is 4.79 Å². The van der Waals surface area contributed by atoms with Crippen molar-refractivity contribution in [1.82, 2.24) is 4.90 Å². The smallest absolute Gasteiger partial charge is 0.238 e. The van der Waals surface area contributed by atoms with Crippen molar-refractivity contribution in [3.8, 4) is 5.75 Å². The molecule has 1 amide bonds. The number of ether oxygens (including phenoxy) is 1. The van der Waals surface area contributed by atoms with Crippen LogP contribution in [0.3, 0.4) is 0 Å². The summed E-state index contributed by atoms with van der Waals surface area (Å²) in [6.07, 6.45) is 1.08. The molecule has 0 spiro atoms. The van der Waals surface area contributed by atoms with Gasteiger partial charge in [-0.15, -0.1) is 12.4 Å². The monoisotopic (exact) mass is 313 g/mol. The van der Waals surface area contributed by atoms with E-state index in [-0.39, 0.29) is 18.3 Å². The minimum atomic E-state index is 0. The van der Waals surface area contributed by atoms with E-state index in [1.807, 2.05) is 24.3 Å². The third-order valence-corrected chi connectivity index (χ3v) is 3.84. The molecule has 0 aliphatic carbocycles. The zero-order valence-electron chi connectivity index (χ0n) is 12.5. The third kappa shape index (κ3) is 4.88. The van der Waals surface area contributed by atoms with Crippen LogP contribution in [0.15, 0.2) is 24.3 Å². The van der Waals surface area contributed by atoms with Crippen molar-refractivity contribution < 1.29 is 9.53 Å². The Morgan fingerprint density at radius 1 is 1.43 bits per heavy atom. The molecule has 2 atom stereocenters. The summed E-state index contributed by atoms with van der Waals surface area (Å²) in [6, 6.07) is 7.77. The third-order valence-electron chi connectivity index (χ3n) is 3.84. The maximum absolute atomic E-state index is 12.0. The molecule has 3 N–H and O–H groups in total. The standard InChI is InChI=1S/C15H23N3O2.ClH/c1-11-7-12(8-16)9-18(11)10-15(19)17-13-3-5-14(20-2)6-4-13;/h3-6,11-12H,7-10,16H2,1-2H3,(H,17,19);1H. The van der Waals surface area contributed by atoms with Gasteiger partial charge in [0.05, 0.1) is 13.7 Å². The Morgan fingerprint density at radius 3 is 2.62 bits per heavy atom. The van der Waals surface area contributed by atoms with Gasteiger partial charge >= 0.3 is 0 Å². The van der Waals surface area contributed by atoms with E-state index in [1.54, 1.807) is 7.11 Å². The average molecular weight is 314 g/mol. The molecule has 2 rings (SSSR count). The topological polar surface area (TPSA) is 67.6 Å². The van der Waals surface area contributed by atoms with E-state index in [4.69, 9.17) is 10.5 Å². The van der Waals surface area contributed by atoms with E-state index < -0.39 is 0 Å². The summed E-state index contributed by atoms with van der Waals surface area (Å²) in [6.45, 7) is 4.18. The second-order valence-electron chi connectivity index (χ2n) is 5.39. The van der Waals surface area contributed by atoms with Gasteiger partial charge in [0.1, 0.15) is 5.75 Å². The van der Waals surface area contributed by atoms with E-state index in [1.165, 1.54) is 0 Å². The molecule has 1 fully saturated rings. The number of anilines is 1. The first-order valence-electron chi connectivity index (χ1n) is 7.00. The number of carbonyl (C=O) groups excluding carboxylic acids is 1. The van der Waals surface area contributed by atoms with Gasteiger partial charge in [0.2, 0.25) is 5.91 Å². The van der Waals surface area contributed by atoms with Crippen molar-refractivity contribution >= 4 is 24.0 Å². The summed E-state index contributed by atoms with van der Waals surface area (Å²) in [5.74, 6) is 1.31. The van der Waals surface area contributed by atoms with Crippen molar-refractivity contribution in [3.05, 3.63) is 24.3 Å². The fourth-order valence-corrected chi connectivity index (χ4v) is 2.67. The van der Waals surface area contributed by atoms with Crippen LogP contribution in [0.2, 0.25) is 0 Å². The van der Waals surface area contributed by atoms with Crippen molar-refractivity contribution in [2.45, 2.75) is 19.4 Å². The van der Waals surface area contributed by atoms with Crippen LogP contribution in [-0.4, -0.2) is 43.6 Å². The molecule has 5 nitrogen and oxygen atoms in total. The van der Waals surface area contributed by atoms with E-state index in [0.29, 0.717) is 25.0 Å². The molecular formula is C15H24ClN3O2. The highest BCUT2D eigenvalue weighted by atomic mass is 35.5. The number of carbonyl (C=O) groups is 1. The SMILES string of the molecule is COc1ccc(NC(=O)CN2CC(CN)CC2C)cc1.Cl. The molecule has 1 aromatic rings. The normalized spacial score (nSPS) is 21.7. The van der Waals surface area contributed by atoms with Crippen LogP contribution in [0.4, 0.5) is 5.69 Å². The molecule has 1 heterocycles. The van der Waals surface area contributed by atoms with Crippen LogP contribution < -0.4 is 15.8 Å². The second kappa shape index (κ2) is 8.22. The fourth-order valence-electron chi connectivity index (χ4n) is 2.67. The average Bonchev–Trinajstić information content (AvgIpc) is 2.80. The minimum Gasteiger partial charge on any atom is -0.497 e. The van der Waals surface area contributed by atoms with Gasteiger partial charge in [-0.1, -0.05) is 0 Å². The number of rotatable bonds is 5. The van der Waals surface area contributed by atoms with Crippen molar-refractivity contribution in [2.24, 2.45) is 11.7 Å². The first-order chi connectivity index (χ1) is 9.62. The molecular weight excluding hydrogens is 290 g/mol. The predicted octanol–water partition coefficient (Wildman–Crippen LogP) is 1.72. The van der Waals surface area contributed by atoms with Gasteiger partial charge in [0.15, 0.2) is 0 Å². The Balaban J connectivity index is 0.00000220. The molecule has 6 heteroatoms. The van der Waals surface area contributed by atoms with Gasteiger partial charge in [-0.25, -0.2) is 0 Å². The molecule has 118 valence electrons. The summed E-state index contributed by atoms with van der Waals surface area (Å²) in [7, 11) is 1.62. The number of benzene rings is 1. The van der Waals surface area contributed by atoms with Crippen LogP contribution in [-0.2, 0) is 4.79 Å². The molecule has 0 radical (unpaired) electrons. The Kier molecular flexibility index (Phi) is 6.95. The van der Waals surface area contributed by atoms with Gasteiger partial charge in [0.25, 0.3) is 0 Å². The zero-order valence-corrected chi connectivity index (χ0v) is 13.4. The second-order valence-corrected chi connectivity index (χ2v) is 5.39. The van der Waals surface area contributed by atoms with Gasteiger partial charge < -0.3 is 15.8 Å². The van der Waals surface area contributed by atoms with Gasteiger partial charge in [-0.2, -0.15) is 0 Å². The van der Waals surface area contributed by atoms with Crippen molar-refractivity contribution in [2.75, 3.05) is 32.1 Å². The molecule has 0 aromatic heterocycles. The highest BCUT2D eigenvalue weighted by Crippen LogP contribution is 2.22. The van der Waals surface area contributed by atoms with Crippen LogP contribution in [0.25, 0.3) is 0 Å². The highest BCUT2D eigenvalue weighted by molar-refractivity contribution is 5.92. The summed E-state index contributed by atoms with van der Waals surface area (Å²) >= 11 is 0. The summed E-state index contributed by atoms with van der Waals surface area (Å²) in [4.78, 5) is 14.2. The molecule has 1 aliphatic heterocycles. The summed E-state index contributed by atoms with van der Waals surface area (Å²) in [5, 5.41) is 2.91. The highest BCUT2D eigenvalue weighted by Gasteiger charge is 2.29. The number of hydrogen-bond donors (Lipinski definition) is 2. The van der Waals surface area contributed by atoms with Crippen LogP contribution in [0, 0.1) is 5.92 Å². The molecule has 0 bridgehead atoms. The number of halogens is 1. The molecule has 21 heavy (non-hydrogen) atoms. The van der Waals surface area contributed by atoms with Crippen molar-refractivity contribution in [3.63, 3.8) is 0 Å². The molecule has 1 aliphatic rings. The van der Waals surface area contributed by atoms with E-state index >= 15 is 0 Å². The number of nitrogens with two attached hydrogens (primary N) is 1. The Labute approximate surface area is 132 Å². The lowest BCUT2D eigenvalue weighted by Crippen LogP contribution is -2.35. The molecule has 0 saturated carbocycles. The number of likely N-dealkylation sites (tertiary alicyclic amines) is 1. The van der Waals surface area contributed by atoms with Gasteiger partial charge in [-0.3, -0.25) is 9.69 Å². The fraction of sp³-hybridized carbons (Fsp3) is 0.533. The van der Waals surface area contributed by atoms with Gasteiger partial charge in [-0.05, 0) is 50.1 Å². The summed E-state index contributed by atoms with van der Waals surface area (Å²) in [5.41, 5.74) is 6.49. The Bertz CT molecular complexity index is 453. The van der Waals surface area contributed by atoms with Gasteiger partial charge in [0, 0.05) is 18.3 Å².